The van der Waals surface area contributed by atoms with E-state index in [4.69, 9.17) is 0 Å². The smallest absolute Gasteiger partial charge is 0.387 e. The van der Waals surface area contributed by atoms with Crippen molar-refractivity contribution in [2.75, 3.05) is 23.9 Å². The summed E-state index contributed by atoms with van der Waals surface area (Å²) < 4.78 is 38.8. The molecule has 1 unspecified atom stereocenters. The van der Waals surface area contributed by atoms with E-state index in [2.05, 4.69) is 10.6 Å². The Kier molecular flexibility index (Phi) is 6.39. The Morgan fingerprint density at radius 2 is 2.05 bits per heavy atom. The second kappa shape index (κ2) is 7.59. The molecule has 0 aliphatic carbocycles. The number of carbonyl (C=O) groups excluding carboxylic acids is 1. The van der Waals surface area contributed by atoms with Crippen LogP contribution in [0.3, 0.4) is 0 Å². The van der Waals surface area contributed by atoms with Crippen LogP contribution >= 0.6 is 11.8 Å². The van der Waals surface area contributed by atoms with Crippen LogP contribution in [0.5, 0.6) is 0 Å². The zero-order valence-corrected chi connectivity index (χ0v) is 13.0. The summed E-state index contributed by atoms with van der Waals surface area (Å²) in [6.45, 7) is 3.83. The molecule has 0 aliphatic heterocycles. The zero-order chi connectivity index (χ0) is 16.0. The number of rotatable bonds is 6. The fraction of sp³-hybridized carbons (Fsp3) is 0.500. The third kappa shape index (κ3) is 4.84. The molecule has 21 heavy (non-hydrogen) atoms. The minimum absolute atomic E-state index is 0.000624. The number of amides is 1. The van der Waals surface area contributed by atoms with Crippen molar-refractivity contribution >= 4 is 23.4 Å². The Balaban J connectivity index is 2.99. The molecule has 3 nitrogen and oxygen atoms in total. The lowest BCUT2D eigenvalue weighted by molar-refractivity contribution is -0.136. The number of halogens is 3. The quantitative estimate of drug-likeness (QED) is 0.841. The molecule has 1 atom stereocenters. The largest absolute Gasteiger partial charge is 0.418 e. The van der Waals surface area contributed by atoms with Gasteiger partial charge in [-0.25, -0.2) is 0 Å². The lowest BCUT2D eigenvalue weighted by Gasteiger charge is -2.18. The van der Waals surface area contributed by atoms with E-state index in [0.717, 1.165) is 17.6 Å². The first kappa shape index (κ1) is 17.7. The minimum Gasteiger partial charge on any atom is -0.387 e. The molecule has 1 amide bonds. The van der Waals surface area contributed by atoms with Gasteiger partial charge in [0.05, 0.1) is 16.8 Å². The number of benzene rings is 1. The third-order valence-electron chi connectivity index (χ3n) is 2.81. The Labute approximate surface area is 126 Å². The highest BCUT2D eigenvalue weighted by Crippen LogP contribution is 2.36. The second-order valence-electron chi connectivity index (χ2n) is 4.51. The molecule has 1 aromatic rings. The number of thioether (sulfide) groups is 1. The van der Waals surface area contributed by atoms with Gasteiger partial charge in [-0.2, -0.15) is 24.9 Å². The molecule has 1 aromatic carbocycles. The van der Waals surface area contributed by atoms with Gasteiger partial charge in [0, 0.05) is 18.8 Å². The number of nitrogens with one attached hydrogen (secondary N) is 2. The predicted molar refractivity (Wildman–Crippen MR) is 80.9 cm³/mol. The van der Waals surface area contributed by atoms with Crippen LogP contribution in [0.2, 0.25) is 0 Å². The van der Waals surface area contributed by atoms with E-state index in [1.807, 2.05) is 13.8 Å². The first-order valence-electron chi connectivity index (χ1n) is 6.57. The zero-order valence-electron chi connectivity index (χ0n) is 12.2. The molecule has 0 spiro atoms. The van der Waals surface area contributed by atoms with Crippen molar-refractivity contribution in [2.24, 2.45) is 0 Å². The summed E-state index contributed by atoms with van der Waals surface area (Å²) >= 11 is 1.66. The molecule has 2 N–H and O–H groups in total. The summed E-state index contributed by atoms with van der Waals surface area (Å²) in [5, 5.41) is 5.20. The van der Waals surface area contributed by atoms with Gasteiger partial charge in [0.25, 0.3) is 5.91 Å². The number of anilines is 1. The van der Waals surface area contributed by atoms with Crippen molar-refractivity contribution < 1.29 is 18.0 Å². The van der Waals surface area contributed by atoms with Gasteiger partial charge in [-0.15, -0.1) is 0 Å². The molecular weight excluding hydrogens is 301 g/mol. The SMILES string of the molecule is CCSCC(C)NC(=O)c1cccc(C(F)(F)F)c1NC. The van der Waals surface area contributed by atoms with Gasteiger partial charge in [0.2, 0.25) is 0 Å². The maximum absolute atomic E-state index is 12.9. The Morgan fingerprint density at radius 1 is 1.38 bits per heavy atom. The van der Waals surface area contributed by atoms with Crippen LogP contribution in [0.4, 0.5) is 18.9 Å². The van der Waals surface area contributed by atoms with Gasteiger partial charge in [-0.05, 0) is 24.8 Å². The Morgan fingerprint density at radius 3 is 2.57 bits per heavy atom. The summed E-state index contributed by atoms with van der Waals surface area (Å²) in [6.07, 6.45) is -4.50. The van der Waals surface area contributed by atoms with Crippen LogP contribution in [0.1, 0.15) is 29.8 Å². The van der Waals surface area contributed by atoms with Crippen molar-refractivity contribution in [1.29, 1.82) is 0 Å². The summed E-state index contributed by atoms with van der Waals surface area (Å²) in [5.74, 6) is 1.14. The molecule has 0 aliphatic rings. The molecule has 0 radical (unpaired) electrons. The molecule has 0 saturated carbocycles. The highest BCUT2D eigenvalue weighted by Gasteiger charge is 2.35. The first-order valence-corrected chi connectivity index (χ1v) is 7.73. The number of carbonyl (C=O) groups is 1. The highest BCUT2D eigenvalue weighted by atomic mass is 32.2. The van der Waals surface area contributed by atoms with Gasteiger partial charge in [-0.1, -0.05) is 13.0 Å². The van der Waals surface area contributed by atoms with Crippen LogP contribution in [0, 0.1) is 0 Å². The number of alkyl halides is 3. The minimum atomic E-state index is -4.50. The fourth-order valence-corrected chi connectivity index (χ4v) is 2.56. The van der Waals surface area contributed by atoms with E-state index in [9.17, 15) is 18.0 Å². The van der Waals surface area contributed by atoms with Crippen LogP contribution in [-0.2, 0) is 6.18 Å². The van der Waals surface area contributed by atoms with Crippen molar-refractivity contribution in [3.63, 3.8) is 0 Å². The van der Waals surface area contributed by atoms with Gasteiger partial charge in [0.1, 0.15) is 0 Å². The van der Waals surface area contributed by atoms with Crippen molar-refractivity contribution in [2.45, 2.75) is 26.1 Å². The molecule has 7 heteroatoms. The van der Waals surface area contributed by atoms with Gasteiger partial charge in [-0.3, -0.25) is 4.79 Å². The van der Waals surface area contributed by atoms with E-state index in [1.54, 1.807) is 11.8 Å². The fourth-order valence-electron chi connectivity index (χ4n) is 1.88. The maximum atomic E-state index is 12.9. The molecule has 118 valence electrons. The molecule has 0 aromatic heterocycles. The molecule has 1 rings (SSSR count). The Bertz CT molecular complexity index is 492. The van der Waals surface area contributed by atoms with Crippen LogP contribution in [0.15, 0.2) is 18.2 Å². The van der Waals surface area contributed by atoms with Crippen molar-refractivity contribution in [1.82, 2.24) is 5.32 Å². The standard InChI is InChI=1S/C14H19F3N2OS/c1-4-21-8-9(2)19-13(20)10-6-5-7-11(12(10)18-3)14(15,16)17/h5-7,9,18H,4,8H2,1-3H3,(H,19,20). The van der Waals surface area contributed by atoms with E-state index in [-0.39, 0.29) is 17.3 Å². The lowest BCUT2D eigenvalue weighted by atomic mass is 10.1. The van der Waals surface area contributed by atoms with E-state index < -0.39 is 17.6 Å². The molecule has 0 bridgehead atoms. The average Bonchev–Trinajstić information content (AvgIpc) is 2.43. The number of hydrogen-bond acceptors (Lipinski definition) is 3. The average molecular weight is 320 g/mol. The van der Waals surface area contributed by atoms with Gasteiger partial charge < -0.3 is 10.6 Å². The number of hydrogen-bond donors (Lipinski definition) is 2. The summed E-state index contributed by atoms with van der Waals surface area (Å²) in [7, 11) is 1.37. The van der Waals surface area contributed by atoms with Crippen LogP contribution in [-0.4, -0.2) is 30.5 Å². The predicted octanol–water partition coefficient (Wildman–Crippen LogP) is 3.62. The van der Waals surface area contributed by atoms with Gasteiger partial charge in [0.15, 0.2) is 0 Å². The molecule has 0 fully saturated rings. The van der Waals surface area contributed by atoms with E-state index in [0.29, 0.717) is 0 Å². The highest BCUT2D eigenvalue weighted by molar-refractivity contribution is 7.99. The monoisotopic (exact) mass is 320 g/mol. The van der Waals surface area contributed by atoms with Crippen LogP contribution < -0.4 is 10.6 Å². The summed E-state index contributed by atoms with van der Waals surface area (Å²) in [5.41, 5.74) is -1.04. The van der Waals surface area contributed by atoms with E-state index in [1.165, 1.54) is 19.2 Å². The third-order valence-corrected chi connectivity index (χ3v) is 3.96. The molecule has 0 saturated heterocycles. The summed E-state index contributed by atoms with van der Waals surface area (Å²) in [6, 6.07) is 3.47. The molecule has 0 heterocycles. The topological polar surface area (TPSA) is 41.1 Å². The van der Waals surface area contributed by atoms with E-state index >= 15 is 0 Å². The maximum Gasteiger partial charge on any atom is 0.418 e. The van der Waals surface area contributed by atoms with Crippen molar-refractivity contribution in [3.05, 3.63) is 29.3 Å². The molecular formula is C14H19F3N2OS. The summed E-state index contributed by atoms with van der Waals surface area (Å²) in [4.78, 5) is 12.1. The first-order chi connectivity index (χ1) is 9.81. The van der Waals surface area contributed by atoms with Gasteiger partial charge >= 0.3 is 6.18 Å². The van der Waals surface area contributed by atoms with Crippen LogP contribution in [0.25, 0.3) is 0 Å². The second-order valence-corrected chi connectivity index (χ2v) is 5.83. The van der Waals surface area contributed by atoms with Crippen molar-refractivity contribution in [3.8, 4) is 0 Å². The Hall–Kier alpha value is -1.37. The lowest BCUT2D eigenvalue weighted by Crippen LogP contribution is -2.35. The normalized spacial score (nSPS) is 12.9. The number of para-hydroxylation sites is 1.